The maximum atomic E-state index is 10.9. The van der Waals surface area contributed by atoms with Gasteiger partial charge in [-0.2, -0.15) is 0 Å². The Hall–Kier alpha value is -1.58. The number of hydrogen-bond donors (Lipinski definition) is 2. The Balaban J connectivity index is 2.51. The van der Waals surface area contributed by atoms with E-state index in [4.69, 9.17) is 5.11 Å². The summed E-state index contributed by atoms with van der Waals surface area (Å²) in [6, 6.07) is 3.64. The van der Waals surface area contributed by atoms with Crippen LogP contribution >= 0.6 is 0 Å². The van der Waals surface area contributed by atoms with Crippen molar-refractivity contribution in [1.29, 1.82) is 0 Å². The van der Waals surface area contributed by atoms with Gasteiger partial charge in [0.1, 0.15) is 0 Å². The minimum atomic E-state index is -0.758. The van der Waals surface area contributed by atoms with Crippen LogP contribution in [0.1, 0.15) is 13.8 Å². The summed E-state index contributed by atoms with van der Waals surface area (Å²) in [5.74, 6) is -0.999. The molecular weight excluding hydrogens is 192 g/mol. The second kappa shape index (κ2) is 5.34. The maximum absolute atomic E-state index is 10.9. The fourth-order valence-corrected chi connectivity index (χ4v) is 1.31. The lowest BCUT2D eigenvalue weighted by Crippen LogP contribution is -2.27. The highest BCUT2D eigenvalue weighted by molar-refractivity contribution is 5.71. The molecule has 0 aliphatic carbocycles. The number of carboxylic acids is 1. The number of nitrogens with one attached hydrogen (secondary N) is 1. The first-order chi connectivity index (χ1) is 7.11. The molecule has 0 aliphatic heterocycles. The van der Waals surface area contributed by atoms with Crippen molar-refractivity contribution in [2.45, 2.75) is 13.8 Å². The molecule has 0 saturated carbocycles. The molecule has 15 heavy (non-hydrogen) atoms. The summed E-state index contributed by atoms with van der Waals surface area (Å²) in [6.07, 6.45) is 3.35. The molecule has 0 amide bonds. The largest absolute Gasteiger partial charge is 0.481 e. The molecule has 0 fully saturated rings. The van der Waals surface area contributed by atoms with E-state index in [9.17, 15) is 4.79 Å². The van der Waals surface area contributed by atoms with Crippen molar-refractivity contribution in [2.24, 2.45) is 11.8 Å². The Bertz CT molecular complexity index is 312. The van der Waals surface area contributed by atoms with Crippen molar-refractivity contribution in [2.75, 3.05) is 11.9 Å². The highest BCUT2D eigenvalue weighted by Gasteiger charge is 2.20. The molecule has 4 heteroatoms. The number of aromatic nitrogens is 1. The Labute approximate surface area is 89.3 Å². The van der Waals surface area contributed by atoms with Gasteiger partial charge < -0.3 is 10.4 Å². The van der Waals surface area contributed by atoms with Gasteiger partial charge in [-0.05, 0) is 18.1 Å². The van der Waals surface area contributed by atoms with Gasteiger partial charge in [-0.1, -0.05) is 13.8 Å². The summed E-state index contributed by atoms with van der Waals surface area (Å²) in [5.41, 5.74) is 0.900. The highest BCUT2D eigenvalue weighted by atomic mass is 16.4. The Morgan fingerprint density at radius 3 is 2.53 bits per heavy atom. The third kappa shape index (κ3) is 3.58. The minimum absolute atomic E-state index is 0.122. The van der Waals surface area contributed by atoms with Crippen LogP contribution in [0.25, 0.3) is 0 Å². The summed E-state index contributed by atoms with van der Waals surface area (Å²) in [7, 11) is 0. The van der Waals surface area contributed by atoms with Crippen LogP contribution in [0.5, 0.6) is 0 Å². The Morgan fingerprint density at radius 1 is 1.47 bits per heavy atom. The lowest BCUT2D eigenvalue weighted by atomic mass is 9.96. The lowest BCUT2D eigenvalue weighted by molar-refractivity contribution is -0.142. The van der Waals surface area contributed by atoms with E-state index in [0.717, 1.165) is 5.69 Å². The number of carbonyl (C=O) groups is 1. The van der Waals surface area contributed by atoms with Gasteiger partial charge in [-0.15, -0.1) is 0 Å². The van der Waals surface area contributed by atoms with E-state index in [1.54, 1.807) is 12.4 Å². The van der Waals surface area contributed by atoms with Gasteiger partial charge in [0, 0.05) is 24.6 Å². The second-order valence-corrected chi connectivity index (χ2v) is 3.81. The number of anilines is 1. The lowest BCUT2D eigenvalue weighted by Gasteiger charge is -2.17. The van der Waals surface area contributed by atoms with E-state index in [1.165, 1.54) is 0 Å². The van der Waals surface area contributed by atoms with Crippen molar-refractivity contribution in [3.63, 3.8) is 0 Å². The summed E-state index contributed by atoms with van der Waals surface area (Å²) in [6.45, 7) is 4.26. The molecule has 0 saturated heterocycles. The third-order valence-corrected chi connectivity index (χ3v) is 2.33. The van der Waals surface area contributed by atoms with Gasteiger partial charge in [0.2, 0.25) is 0 Å². The molecule has 4 nitrogen and oxygen atoms in total. The summed E-state index contributed by atoms with van der Waals surface area (Å²) in [5, 5.41) is 12.1. The average molecular weight is 208 g/mol. The monoisotopic (exact) mass is 208 g/mol. The molecule has 0 spiro atoms. The quantitative estimate of drug-likeness (QED) is 0.775. The molecule has 0 aromatic carbocycles. The maximum Gasteiger partial charge on any atom is 0.308 e. The van der Waals surface area contributed by atoms with Gasteiger partial charge in [0.25, 0.3) is 0 Å². The average Bonchev–Trinajstić information content (AvgIpc) is 2.18. The van der Waals surface area contributed by atoms with Crippen LogP contribution in [-0.4, -0.2) is 22.6 Å². The van der Waals surface area contributed by atoms with Crippen LogP contribution in [0, 0.1) is 11.8 Å². The SMILES string of the molecule is CC(C)C(CNc1ccncc1)C(=O)O. The number of rotatable bonds is 5. The first-order valence-electron chi connectivity index (χ1n) is 4.98. The van der Waals surface area contributed by atoms with Crippen LogP contribution < -0.4 is 5.32 Å². The van der Waals surface area contributed by atoms with Gasteiger partial charge >= 0.3 is 5.97 Å². The molecular formula is C11H16N2O2. The first kappa shape index (κ1) is 11.5. The van der Waals surface area contributed by atoms with Gasteiger partial charge in [0.15, 0.2) is 0 Å². The Morgan fingerprint density at radius 2 is 2.07 bits per heavy atom. The highest BCUT2D eigenvalue weighted by Crippen LogP contribution is 2.12. The summed E-state index contributed by atoms with van der Waals surface area (Å²) in [4.78, 5) is 14.8. The zero-order valence-corrected chi connectivity index (χ0v) is 8.97. The van der Waals surface area contributed by atoms with Gasteiger partial charge in [-0.3, -0.25) is 9.78 Å². The molecule has 82 valence electrons. The normalized spacial score (nSPS) is 12.5. The van der Waals surface area contributed by atoms with E-state index in [-0.39, 0.29) is 11.8 Å². The van der Waals surface area contributed by atoms with Crippen LogP contribution in [0.3, 0.4) is 0 Å². The number of nitrogens with zero attached hydrogens (tertiary/aromatic N) is 1. The molecule has 1 aromatic heterocycles. The molecule has 1 unspecified atom stereocenters. The van der Waals surface area contributed by atoms with Gasteiger partial charge in [0.05, 0.1) is 5.92 Å². The van der Waals surface area contributed by atoms with Crippen LogP contribution in [0.2, 0.25) is 0 Å². The molecule has 1 rings (SSSR count). The standard InChI is InChI=1S/C11H16N2O2/c1-8(2)10(11(14)15)7-13-9-3-5-12-6-4-9/h3-6,8,10H,7H2,1-2H3,(H,12,13)(H,14,15). The zero-order valence-electron chi connectivity index (χ0n) is 8.97. The molecule has 0 aliphatic rings. The number of aliphatic carboxylic acids is 1. The topological polar surface area (TPSA) is 62.2 Å². The molecule has 2 N–H and O–H groups in total. The van der Waals surface area contributed by atoms with Crippen molar-refractivity contribution in [3.05, 3.63) is 24.5 Å². The molecule has 0 radical (unpaired) electrons. The third-order valence-electron chi connectivity index (χ3n) is 2.33. The molecule has 1 heterocycles. The molecule has 0 bridgehead atoms. The van der Waals surface area contributed by atoms with E-state index < -0.39 is 5.97 Å². The van der Waals surface area contributed by atoms with Gasteiger partial charge in [-0.25, -0.2) is 0 Å². The van der Waals surface area contributed by atoms with Crippen molar-refractivity contribution >= 4 is 11.7 Å². The van der Waals surface area contributed by atoms with E-state index >= 15 is 0 Å². The fraction of sp³-hybridized carbons (Fsp3) is 0.455. The predicted molar refractivity (Wildman–Crippen MR) is 58.7 cm³/mol. The number of carboxylic acid groups (broad SMARTS) is 1. The minimum Gasteiger partial charge on any atom is -0.481 e. The van der Waals surface area contributed by atoms with Crippen molar-refractivity contribution in [3.8, 4) is 0 Å². The van der Waals surface area contributed by atoms with E-state index in [2.05, 4.69) is 10.3 Å². The van der Waals surface area contributed by atoms with Crippen LogP contribution in [-0.2, 0) is 4.79 Å². The number of hydrogen-bond acceptors (Lipinski definition) is 3. The first-order valence-corrected chi connectivity index (χ1v) is 4.98. The summed E-state index contributed by atoms with van der Waals surface area (Å²) < 4.78 is 0. The van der Waals surface area contributed by atoms with Crippen molar-refractivity contribution < 1.29 is 9.90 Å². The molecule has 1 atom stereocenters. The number of pyridine rings is 1. The summed E-state index contributed by atoms with van der Waals surface area (Å²) >= 11 is 0. The smallest absolute Gasteiger partial charge is 0.308 e. The Kier molecular flexibility index (Phi) is 4.09. The van der Waals surface area contributed by atoms with Crippen LogP contribution in [0.4, 0.5) is 5.69 Å². The fourth-order valence-electron chi connectivity index (χ4n) is 1.31. The second-order valence-electron chi connectivity index (χ2n) is 3.81. The predicted octanol–water partition coefficient (Wildman–Crippen LogP) is 1.85. The van der Waals surface area contributed by atoms with E-state index in [1.807, 2.05) is 26.0 Å². The zero-order chi connectivity index (χ0) is 11.3. The van der Waals surface area contributed by atoms with E-state index in [0.29, 0.717) is 6.54 Å². The molecule has 1 aromatic rings. The van der Waals surface area contributed by atoms with Crippen LogP contribution in [0.15, 0.2) is 24.5 Å². The van der Waals surface area contributed by atoms with Crippen molar-refractivity contribution in [1.82, 2.24) is 4.98 Å².